The van der Waals surface area contributed by atoms with Gasteiger partial charge >= 0.3 is 0 Å². The molecule has 19 heavy (non-hydrogen) atoms. The molecule has 5 nitrogen and oxygen atoms in total. The number of nitrogens with one attached hydrogen (secondary N) is 2. The number of hydrogen-bond donors (Lipinski definition) is 2. The van der Waals surface area contributed by atoms with Gasteiger partial charge in [0.1, 0.15) is 0 Å². The summed E-state index contributed by atoms with van der Waals surface area (Å²) in [5, 5.41) is 6.09. The average Bonchev–Trinajstić information content (AvgIpc) is 2.33. The lowest BCUT2D eigenvalue weighted by molar-refractivity contribution is -0.132. The van der Waals surface area contributed by atoms with E-state index in [4.69, 9.17) is 0 Å². The van der Waals surface area contributed by atoms with Gasteiger partial charge in [-0.1, -0.05) is 6.42 Å². The summed E-state index contributed by atoms with van der Waals surface area (Å²) in [6.45, 7) is 6.89. The monoisotopic (exact) mass is 291 g/mol. The second-order valence-corrected chi connectivity index (χ2v) is 4.99. The van der Waals surface area contributed by atoms with Crippen molar-refractivity contribution in [2.75, 3.05) is 26.2 Å². The van der Waals surface area contributed by atoms with Crippen molar-refractivity contribution in [2.24, 2.45) is 0 Å². The lowest BCUT2D eigenvalue weighted by atomic mass is 10.1. The molecule has 112 valence electrons. The van der Waals surface area contributed by atoms with Gasteiger partial charge < -0.3 is 15.5 Å². The van der Waals surface area contributed by atoms with Crippen molar-refractivity contribution in [1.29, 1.82) is 0 Å². The fourth-order valence-electron chi connectivity index (χ4n) is 2.16. The van der Waals surface area contributed by atoms with Gasteiger partial charge in [-0.2, -0.15) is 0 Å². The fraction of sp³-hybridized carbons (Fsp3) is 0.846. The second-order valence-electron chi connectivity index (χ2n) is 4.99. The Labute approximate surface area is 121 Å². The van der Waals surface area contributed by atoms with Crippen LogP contribution in [0.4, 0.5) is 0 Å². The predicted octanol–water partition coefficient (Wildman–Crippen LogP) is 0.925. The summed E-state index contributed by atoms with van der Waals surface area (Å²) >= 11 is 0. The van der Waals surface area contributed by atoms with Crippen LogP contribution in [0.25, 0.3) is 0 Å². The predicted molar refractivity (Wildman–Crippen MR) is 78.4 cm³/mol. The minimum Gasteiger partial charge on any atom is -0.356 e. The zero-order valence-corrected chi connectivity index (χ0v) is 12.7. The summed E-state index contributed by atoms with van der Waals surface area (Å²) in [5.74, 6) is 0.281. The molecule has 1 atom stereocenters. The van der Waals surface area contributed by atoms with E-state index in [1.165, 1.54) is 6.92 Å². The first-order chi connectivity index (χ1) is 8.59. The largest absolute Gasteiger partial charge is 0.356 e. The molecule has 0 aromatic rings. The minimum atomic E-state index is 0. The fourth-order valence-corrected chi connectivity index (χ4v) is 2.16. The van der Waals surface area contributed by atoms with Crippen LogP contribution in [0.1, 0.15) is 39.5 Å². The quantitative estimate of drug-likeness (QED) is 0.716. The van der Waals surface area contributed by atoms with E-state index in [1.807, 2.05) is 4.90 Å². The number of hydrogen-bond acceptors (Lipinski definition) is 3. The molecule has 1 aliphatic heterocycles. The molecule has 0 aliphatic carbocycles. The average molecular weight is 292 g/mol. The third-order valence-electron chi connectivity index (χ3n) is 3.16. The molecular weight excluding hydrogens is 266 g/mol. The van der Waals surface area contributed by atoms with E-state index in [1.54, 1.807) is 0 Å². The number of unbranched alkanes of at least 4 members (excludes halogenated alkanes) is 2. The van der Waals surface area contributed by atoms with Crippen molar-refractivity contribution in [3.8, 4) is 0 Å². The molecule has 0 aromatic carbocycles. The van der Waals surface area contributed by atoms with E-state index in [2.05, 4.69) is 17.6 Å². The van der Waals surface area contributed by atoms with Crippen LogP contribution in [-0.2, 0) is 9.59 Å². The number of carbonyl (C=O) groups is 2. The standard InChI is InChI=1S/C13H25N3O2.ClH/c1-11-10-16(9-8-14-11)13(18)6-4-3-5-7-15-12(2)17;/h11,14H,3-10H2,1-2H3,(H,15,17);1H. The first kappa shape index (κ1) is 18.2. The van der Waals surface area contributed by atoms with Gasteiger partial charge in [0.2, 0.25) is 11.8 Å². The molecular formula is C13H26ClN3O2. The van der Waals surface area contributed by atoms with Gasteiger partial charge in [-0.15, -0.1) is 12.4 Å². The van der Waals surface area contributed by atoms with Crippen molar-refractivity contribution in [3.05, 3.63) is 0 Å². The summed E-state index contributed by atoms with van der Waals surface area (Å²) in [7, 11) is 0. The second kappa shape index (κ2) is 10.0. The Morgan fingerprint density at radius 3 is 2.68 bits per heavy atom. The molecule has 0 saturated carbocycles. The zero-order valence-electron chi connectivity index (χ0n) is 11.9. The van der Waals surface area contributed by atoms with Crippen LogP contribution >= 0.6 is 12.4 Å². The summed E-state index contributed by atoms with van der Waals surface area (Å²) in [6, 6.07) is 0.405. The number of rotatable bonds is 6. The van der Waals surface area contributed by atoms with E-state index in [-0.39, 0.29) is 24.2 Å². The molecule has 0 bridgehead atoms. The maximum absolute atomic E-state index is 11.9. The molecule has 1 rings (SSSR count). The highest BCUT2D eigenvalue weighted by atomic mass is 35.5. The molecule has 0 radical (unpaired) electrons. The van der Waals surface area contributed by atoms with Crippen molar-refractivity contribution >= 4 is 24.2 Å². The van der Waals surface area contributed by atoms with E-state index in [0.29, 0.717) is 19.0 Å². The van der Waals surface area contributed by atoms with Crippen LogP contribution in [0.2, 0.25) is 0 Å². The lowest BCUT2D eigenvalue weighted by Gasteiger charge is -2.32. The maximum Gasteiger partial charge on any atom is 0.222 e. The molecule has 1 fully saturated rings. The summed E-state index contributed by atoms with van der Waals surface area (Å²) in [5.41, 5.74) is 0. The van der Waals surface area contributed by atoms with Gasteiger partial charge in [-0.25, -0.2) is 0 Å². The summed E-state index contributed by atoms with van der Waals surface area (Å²) < 4.78 is 0. The van der Waals surface area contributed by atoms with Gasteiger partial charge in [0.05, 0.1) is 0 Å². The first-order valence-corrected chi connectivity index (χ1v) is 6.85. The number of nitrogens with zero attached hydrogens (tertiary/aromatic N) is 1. The van der Waals surface area contributed by atoms with Crippen LogP contribution in [0, 0.1) is 0 Å². The van der Waals surface area contributed by atoms with Crippen LogP contribution in [-0.4, -0.2) is 48.9 Å². The summed E-state index contributed by atoms with van der Waals surface area (Å²) in [6.07, 6.45) is 3.49. The van der Waals surface area contributed by atoms with Gasteiger partial charge in [0.15, 0.2) is 0 Å². The number of piperazine rings is 1. The van der Waals surface area contributed by atoms with Crippen LogP contribution in [0.5, 0.6) is 0 Å². The molecule has 1 saturated heterocycles. The number of carbonyl (C=O) groups excluding carboxylic acids is 2. The van der Waals surface area contributed by atoms with Crippen LogP contribution < -0.4 is 10.6 Å². The van der Waals surface area contributed by atoms with Gasteiger partial charge in [-0.3, -0.25) is 9.59 Å². The van der Waals surface area contributed by atoms with Crippen LogP contribution in [0.3, 0.4) is 0 Å². The number of amides is 2. The van der Waals surface area contributed by atoms with Gasteiger partial charge in [0.25, 0.3) is 0 Å². The zero-order chi connectivity index (χ0) is 13.4. The third-order valence-corrected chi connectivity index (χ3v) is 3.16. The minimum absolute atomic E-state index is 0. The van der Waals surface area contributed by atoms with Crippen molar-refractivity contribution < 1.29 is 9.59 Å². The third kappa shape index (κ3) is 8.06. The van der Waals surface area contributed by atoms with Crippen LogP contribution in [0.15, 0.2) is 0 Å². The molecule has 0 spiro atoms. The molecule has 1 heterocycles. The molecule has 1 aliphatic rings. The van der Waals surface area contributed by atoms with Gasteiger partial charge in [-0.05, 0) is 19.8 Å². The Hall–Kier alpha value is -0.810. The highest BCUT2D eigenvalue weighted by Gasteiger charge is 2.19. The Balaban J connectivity index is 0.00000324. The highest BCUT2D eigenvalue weighted by molar-refractivity contribution is 5.85. The van der Waals surface area contributed by atoms with E-state index in [9.17, 15) is 9.59 Å². The topological polar surface area (TPSA) is 61.4 Å². The van der Waals surface area contributed by atoms with Gasteiger partial charge in [0, 0.05) is 45.6 Å². The molecule has 0 aromatic heterocycles. The Kier molecular flexibility index (Phi) is 9.61. The van der Waals surface area contributed by atoms with E-state index < -0.39 is 0 Å². The Morgan fingerprint density at radius 1 is 1.32 bits per heavy atom. The van der Waals surface area contributed by atoms with Crippen molar-refractivity contribution in [3.63, 3.8) is 0 Å². The molecule has 6 heteroatoms. The Bertz CT molecular complexity index is 287. The van der Waals surface area contributed by atoms with E-state index in [0.717, 1.165) is 38.9 Å². The van der Waals surface area contributed by atoms with E-state index >= 15 is 0 Å². The van der Waals surface area contributed by atoms with Crippen molar-refractivity contribution in [1.82, 2.24) is 15.5 Å². The van der Waals surface area contributed by atoms with Crippen molar-refractivity contribution in [2.45, 2.75) is 45.6 Å². The molecule has 2 N–H and O–H groups in total. The first-order valence-electron chi connectivity index (χ1n) is 6.85. The maximum atomic E-state index is 11.9. The molecule has 2 amide bonds. The SMILES string of the molecule is CC(=O)NCCCCCC(=O)N1CCNC(C)C1.Cl. The smallest absolute Gasteiger partial charge is 0.222 e. The Morgan fingerprint density at radius 2 is 2.05 bits per heavy atom. The normalized spacial score (nSPS) is 18.6. The molecule has 1 unspecified atom stereocenters. The highest BCUT2D eigenvalue weighted by Crippen LogP contribution is 2.06. The number of halogens is 1. The lowest BCUT2D eigenvalue weighted by Crippen LogP contribution is -2.51. The summed E-state index contributed by atoms with van der Waals surface area (Å²) in [4.78, 5) is 24.5.